The van der Waals surface area contributed by atoms with E-state index in [1.807, 2.05) is 18.2 Å². The van der Waals surface area contributed by atoms with Crippen molar-refractivity contribution in [2.45, 2.75) is 39.3 Å². The van der Waals surface area contributed by atoms with E-state index < -0.39 is 0 Å². The standard InChI is InChI=1S/C15H22N4O/c1-15(2,3)17-11-13-18-19-14(20-13)16-10-9-12-7-5-4-6-8-12/h4-8,17H,9-11H2,1-3H3,(H,16,19). The first-order chi connectivity index (χ1) is 9.53. The van der Waals surface area contributed by atoms with Crippen LogP contribution >= 0.6 is 0 Å². The quantitative estimate of drug-likeness (QED) is 0.847. The first-order valence-electron chi connectivity index (χ1n) is 6.88. The minimum absolute atomic E-state index is 0.0371. The number of aromatic nitrogens is 2. The molecule has 108 valence electrons. The van der Waals surface area contributed by atoms with Gasteiger partial charge in [-0.1, -0.05) is 35.4 Å². The normalized spacial score (nSPS) is 11.6. The van der Waals surface area contributed by atoms with Crippen LogP contribution in [-0.4, -0.2) is 22.3 Å². The average Bonchev–Trinajstić information content (AvgIpc) is 2.85. The van der Waals surface area contributed by atoms with E-state index in [1.165, 1.54) is 5.56 Å². The lowest BCUT2D eigenvalue weighted by Gasteiger charge is -2.18. The van der Waals surface area contributed by atoms with Crippen molar-refractivity contribution in [1.29, 1.82) is 0 Å². The van der Waals surface area contributed by atoms with Gasteiger partial charge in [-0.3, -0.25) is 0 Å². The van der Waals surface area contributed by atoms with Gasteiger partial charge < -0.3 is 15.1 Å². The van der Waals surface area contributed by atoms with Gasteiger partial charge in [0, 0.05) is 12.1 Å². The lowest BCUT2D eigenvalue weighted by Crippen LogP contribution is -2.35. The number of rotatable bonds is 6. The van der Waals surface area contributed by atoms with Gasteiger partial charge in [0.25, 0.3) is 0 Å². The van der Waals surface area contributed by atoms with E-state index in [4.69, 9.17) is 4.42 Å². The third-order valence-corrected chi connectivity index (χ3v) is 2.77. The molecule has 0 aliphatic rings. The van der Waals surface area contributed by atoms with Crippen LogP contribution in [0.3, 0.4) is 0 Å². The van der Waals surface area contributed by atoms with E-state index in [2.05, 4.69) is 53.7 Å². The van der Waals surface area contributed by atoms with Gasteiger partial charge >= 0.3 is 6.01 Å². The van der Waals surface area contributed by atoms with Gasteiger partial charge in [-0.05, 0) is 32.8 Å². The molecule has 0 bridgehead atoms. The molecule has 20 heavy (non-hydrogen) atoms. The summed E-state index contributed by atoms with van der Waals surface area (Å²) in [5.74, 6) is 0.599. The van der Waals surface area contributed by atoms with Crippen LogP contribution in [0.2, 0.25) is 0 Å². The highest BCUT2D eigenvalue weighted by molar-refractivity contribution is 5.20. The molecule has 5 nitrogen and oxygen atoms in total. The maximum absolute atomic E-state index is 5.52. The summed E-state index contributed by atoms with van der Waals surface area (Å²) in [5.41, 5.74) is 1.32. The van der Waals surface area contributed by atoms with Gasteiger partial charge in [0.2, 0.25) is 5.89 Å². The lowest BCUT2D eigenvalue weighted by molar-refractivity contribution is 0.383. The van der Waals surface area contributed by atoms with E-state index in [9.17, 15) is 0 Å². The zero-order chi connectivity index (χ0) is 14.4. The molecule has 0 saturated heterocycles. The van der Waals surface area contributed by atoms with Crippen molar-refractivity contribution < 1.29 is 4.42 Å². The summed E-state index contributed by atoms with van der Waals surface area (Å²) in [7, 11) is 0. The van der Waals surface area contributed by atoms with E-state index >= 15 is 0 Å². The van der Waals surface area contributed by atoms with E-state index in [0.29, 0.717) is 18.5 Å². The highest BCUT2D eigenvalue weighted by atomic mass is 16.4. The van der Waals surface area contributed by atoms with Gasteiger partial charge in [0.05, 0.1) is 6.54 Å². The number of anilines is 1. The molecule has 2 N–H and O–H groups in total. The van der Waals surface area contributed by atoms with Crippen molar-refractivity contribution in [1.82, 2.24) is 15.5 Å². The maximum Gasteiger partial charge on any atom is 0.315 e. The topological polar surface area (TPSA) is 63.0 Å². The van der Waals surface area contributed by atoms with Gasteiger partial charge in [-0.25, -0.2) is 0 Å². The predicted octanol–water partition coefficient (Wildman–Crippen LogP) is 2.61. The van der Waals surface area contributed by atoms with Crippen molar-refractivity contribution in [2.75, 3.05) is 11.9 Å². The molecule has 0 saturated carbocycles. The second-order valence-electron chi connectivity index (χ2n) is 5.77. The second kappa shape index (κ2) is 6.52. The summed E-state index contributed by atoms with van der Waals surface area (Å²) in [5, 5.41) is 14.4. The van der Waals surface area contributed by atoms with Crippen LogP contribution < -0.4 is 10.6 Å². The fourth-order valence-electron chi connectivity index (χ4n) is 1.70. The molecule has 2 aromatic rings. The SMILES string of the molecule is CC(C)(C)NCc1nnc(NCCc2ccccc2)o1. The van der Waals surface area contributed by atoms with Crippen LogP contribution in [0, 0.1) is 0 Å². The molecule has 0 aliphatic carbocycles. The Kier molecular flexibility index (Phi) is 4.74. The summed E-state index contributed by atoms with van der Waals surface area (Å²) in [4.78, 5) is 0. The van der Waals surface area contributed by atoms with Crippen molar-refractivity contribution in [3.05, 3.63) is 41.8 Å². The zero-order valence-electron chi connectivity index (χ0n) is 12.3. The van der Waals surface area contributed by atoms with Gasteiger partial charge in [0.1, 0.15) is 0 Å². The van der Waals surface area contributed by atoms with Gasteiger partial charge in [-0.15, -0.1) is 5.10 Å². The lowest BCUT2D eigenvalue weighted by atomic mass is 10.1. The molecule has 0 unspecified atom stereocenters. The summed E-state index contributed by atoms with van der Waals surface area (Å²) >= 11 is 0. The average molecular weight is 274 g/mol. The van der Waals surface area contributed by atoms with Crippen molar-refractivity contribution in [3.63, 3.8) is 0 Å². The molecule has 0 aliphatic heterocycles. The summed E-state index contributed by atoms with van der Waals surface area (Å²) in [6, 6.07) is 10.8. The number of nitrogens with one attached hydrogen (secondary N) is 2. The fourth-order valence-corrected chi connectivity index (χ4v) is 1.70. The smallest absolute Gasteiger partial charge is 0.315 e. The Morgan fingerprint density at radius 1 is 1.10 bits per heavy atom. The number of hydrogen-bond acceptors (Lipinski definition) is 5. The maximum atomic E-state index is 5.52. The highest BCUT2D eigenvalue weighted by Crippen LogP contribution is 2.08. The Labute approximate surface area is 119 Å². The molecular weight excluding hydrogens is 252 g/mol. The molecule has 0 spiro atoms. The van der Waals surface area contributed by atoms with E-state index in [-0.39, 0.29) is 5.54 Å². The molecule has 0 fully saturated rings. The summed E-state index contributed by atoms with van der Waals surface area (Å²) in [6.45, 7) is 7.66. The predicted molar refractivity (Wildman–Crippen MR) is 79.5 cm³/mol. The first-order valence-corrected chi connectivity index (χ1v) is 6.88. The molecule has 5 heteroatoms. The van der Waals surface area contributed by atoms with Crippen LogP contribution in [0.15, 0.2) is 34.7 Å². The van der Waals surface area contributed by atoms with Crippen LogP contribution in [0.4, 0.5) is 6.01 Å². The molecular formula is C15H22N4O. The van der Waals surface area contributed by atoms with Crippen LogP contribution in [0.5, 0.6) is 0 Å². The summed E-state index contributed by atoms with van der Waals surface area (Å²) in [6.07, 6.45) is 0.929. The first kappa shape index (κ1) is 14.5. The van der Waals surface area contributed by atoms with Crippen molar-refractivity contribution >= 4 is 6.01 Å². The Morgan fingerprint density at radius 3 is 2.55 bits per heavy atom. The van der Waals surface area contributed by atoms with Crippen LogP contribution in [0.25, 0.3) is 0 Å². The second-order valence-corrected chi connectivity index (χ2v) is 5.77. The molecule has 1 heterocycles. The minimum Gasteiger partial charge on any atom is -0.407 e. The number of benzene rings is 1. The van der Waals surface area contributed by atoms with Gasteiger partial charge in [0.15, 0.2) is 0 Å². The monoisotopic (exact) mass is 274 g/mol. The van der Waals surface area contributed by atoms with Crippen LogP contribution in [0.1, 0.15) is 32.2 Å². The largest absolute Gasteiger partial charge is 0.407 e. The minimum atomic E-state index is 0.0371. The Hall–Kier alpha value is -1.88. The third kappa shape index (κ3) is 5.01. The molecule has 2 rings (SSSR count). The third-order valence-electron chi connectivity index (χ3n) is 2.77. The Balaban J connectivity index is 1.75. The van der Waals surface area contributed by atoms with Crippen molar-refractivity contribution in [2.24, 2.45) is 0 Å². The fraction of sp³-hybridized carbons (Fsp3) is 0.467. The number of nitrogens with zero attached hydrogens (tertiary/aromatic N) is 2. The van der Waals surface area contributed by atoms with Gasteiger partial charge in [-0.2, -0.15) is 0 Å². The van der Waals surface area contributed by atoms with E-state index in [0.717, 1.165) is 13.0 Å². The molecule has 0 radical (unpaired) electrons. The van der Waals surface area contributed by atoms with E-state index in [1.54, 1.807) is 0 Å². The highest BCUT2D eigenvalue weighted by Gasteiger charge is 2.11. The Bertz CT molecular complexity index is 516. The summed E-state index contributed by atoms with van der Waals surface area (Å²) < 4.78 is 5.52. The van der Waals surface area contributed by atoms with Crippen molar-refractivity contribution in [3.8, 4) is 0 Å². The molecule has 1 aromatic carbocycles. The Morgan fingerprint density at radius 2 is 1.85 bits per heavy atom. The molecule has 0 amide bonds. The zero-order valence-corrected chi connectivity index (χ0v) is 12.3. The molecule has 0 atom stereocenters. The molecule has 1 aromatic heterocycles. The number of hydrogen-bond donors (Lipinski definition) is 2. The van der Waals surface area contributed by atoms with Crippen LogP contribution in [-0.2, 0) is 13.0 Å².